The number of allylic oxidation sites excluding steroid dienone is 5. The molecule has 214 valence electrons. The highest BCUT2D eigenvalue weighted by molar-refractivity contribution is 6.69. The van der Waals surface area contributed by atoms with Crippen molar-refractivity contribution in [3.63, 3.8) is 0 Å². The topological polar surface area (TPSA) is 83.0 Å². The number of anilines is 2. The lowest BCUT2D eigenvalue weighted by Gasteiger charge is -2.22. The zero-order valence-electron chi connectivity index (χ0n) is 23.6. The van der Waals surface area contributed by atoms with Crippen molar-refractivity contribution >= 4 is 45.5 Å². The Balaban J connectivity index is 1.29. The fourth-order valence-electron chi connectivity index (χ4n) is 5.58. The van der Waals surface area contributed by atoms with E-state index in [1.165, 1.54) is 13.2 Å². The number of nitrogens with zero attached hydrogens (tertiary/aromatic N) is 5. The van der Waals surface area contributed by atoms with Crippen molar-refractivity contribution in [1.82, 2.24) is 19.8 Å². The summed E-state index contributed by atoms with van der Waals surface area (Å²) < 4.78 is 20.7. The minimum Gasteiger partial charge on any atom is -0.496 e. The number of methoxy groups -OCH3 is 1. The number of fused-ring (bicyclic) bond motifs is 3. The van der Waals surface area contributed by atoms with E-state index in [4.69, 9.17) is 21.3 Å². The van der Waals surface area contributed by atoms with Crippen LogP contribution in [0, 0.1) is 5.82 Å². The maximum absolute atomic E-state index is 15.2. The Morgan fingerprint density at radius 2 is 2.00 bits per heavy atom. The third kappa shape index (κ3) is 5.33. The van der Waals surface area contributed by atoms with E-state index >= 15 is 4.39 Å². The van der Waals surface area contributed by atoms with Gasteiger partial charge in [0.1, 0.15) is 16.7 Å². The first-order valence-electron chi connectivity index (χ1n) is 13.7. The van der Waals surface area contributed by atoms with Crippen molar-refractivity contribution < 1.29 is 13.9 Å². The van der Waals surface area contributed by atoms with Crippen LogP contribution in [0.15, 0.2) is 77.6 Å². The summed E-state index contributed by atoms with van der Waals surface area (Å²) in [4.78, 5) is 31.0. The Hall–Kier alpha value is -4.34. The molecule has 8 nitrogen and oxygen atoms in total. The molecule has 0 saturated carbocycles. The summed E-state index contributed by atoms with van der Waals surface area (Å²) >= 11 is 6.42. The molecule has 1 fully saturated rings. The van der Waals surface area contributed by atoms with Crippen LogP contribution in [0.1, 0.15) is 33.6 Å². The summed E-state index contributed by atoms with van der Waals surface area (Å²) in [6, 6.07) is 12.4. The number of carbonyl (C=O) groups excluding carboxylic acids is 1. The van der Waals surface area contributed by atoms with Crippen LogP contribution in [0.5, 0.6) is 5.75 Å². The van der Waals surface area contributed by atoms with E-state index in [0.29, 0.717) is 64.4 Å². The number of rotatable bonds is 6. The zero-order valence-corrected chi connectivity index (χ0v) is 24.3. The van der Waals surface area contributed by atoms with Crippen molar-refractivity contribution in [2.24, 2.45) is 4.99 Å². The molecule has 3 aliphatic rings. The predicted molar refractivity (Wildman–Crippen MR) is 164 cm³/mol. The number of ether oxygens (including phenoxy) is 1. The number of hydrogen-bond acceptors (Lipinski definition) is 7. The number of aliphatic imine (C=N–C) groups is 1. The van der Waals surface area contributed by atoms with Gasteiger partial charge in [-0.3, -0.25) is 4.79 Å². The molecule has 10 heteroatoms. The van der Waals surface area contributed by atoms with Crippen LogP contribution in [0.25, 0.3) is 11.1 Å². The summed E-state index contributed by atoms with van der Waals surface area (Å²) in [6.45, 7) is 1.45. The molecule has 1 unspecified atom stereocenters. The number of hydrogen-bond donors (Lipinski definition) is 1. The van der Waals surface area contributed by atoms with E-state index in [2.05, 4.69) is 20.2 Å². The highest BCUT2D eigenvalue weighted by Gasteiger charge is 2.29. The molecule has 1 atom stereocenters. The molecule has 1 N–H and O–H groups in total. The van der Waals surface area contributed by atoms with Crippen LogP contribution in [0.2, 0.25) is 0 Å². The van der Waals surface area contributed by atoms with Crippen LogP contribution in [0.4, 0.5) is 16.0 Å². The number of likely N-dealkylation sites (N-methyl/N-ethyl adjacent to an activating group) is 1. The van der Waals surface area contributed by atoms with Gasteiger partial charge in [0, 0.05) is 53.9 Å². The molecule has 42 heavy (non-hydrogen) atoms. The van der Waals surface area contributed by atoms with Gasteiger partial charge in [-0.1, -0.05) is 29.8 Å². The Kier molecular flexibility index (Phi) is 7.62. The second kappa shape index (κ2) is 11.5. The van der Waals surface area contributed by atoms with Gasteiger partial charge in [0.05, 0.1) is 18.4 Å². The Morgan fingerprint density at radius 3 is 2.79 bits per heavy atom. The smallest absolute Gasteiger partial charge is 0.253 e. The second-order valence-corrected chi connectivity index (χ2v) is 11.0. The third-order valence-corrected chi connectivity index (χ3v) is 8.02. The lowest BCUT2D eigenvalue weighted by molar-refractivity contribution is 0.0783. The molecule has 6 rings (SSSR count). The van der Waals surface area contributed by atoms with Gasteiger partial charge < -0.3 is 19.9 Å². The summed E-state index contributed by atoms with van der Waals surface area (Å²) in [5, 5.41) is 3.46. The number of nitrogens with one attached hydrogen (secondary N) is 1. The number of halogens is 2. The average molecular weight is 585 g/mol. The molecule has 0 spiro atoms. The number of benzene rings is 2. The van der Waals surface area contributed by atoms with Crippen molar-refractivity contribution in [2.45, 2.75) is 18.9 Å². The minimum absolute atomic E-state index is 0.00498. The molecular formula is C32H30ClFN6O2. The first-order chi connectivity index (χ1) is 20.3. The lowest BCUT2D eigenvalue weighted by Crippen LogP contribution is -2.34. The summed E-state index contributed by atoms with van der Waals surface area (Å²) in [7, 11) is 5.59. The fourth-order valence-corrected chi connectivity index (χ4v) is 5.74. The number of aromatic nitrogens is 2. The van der Waals surface area contributed by atoms with Gasteiger partial charge in [-0.05, 0) is 74.5 Å². The normalized spacial score (nSPS) is 17.9. The van der Waals surface area contributed by atoms with Crippen molar-refractivity contribution in [1.29, 1.82) is 0 Å². The number of carbonyl (C=O) groups is 1. The molecule has 2 aromatic carbocycles. The van der Waals surface area contributed by atoms with Crippen LogP contribution >= 0.6 is 11.6 Å². The van der Waals surface area contributed by atoms with Crippen LogP contribution < -0.4 is 10.1 Å². The SMILES string of the molecule is COc1cccc(F)c1C1=CC(Cl)=NC=C2C1=CCc1cnc(Nc3cccc(C(=O)N4CCC(N(C)C)C4)c3)nc12. The van der Waals surface area contributed by atoms with Gasteiger partial charge in [-0.15, -0.1) is 0 Å². The molecule has 1 aromatic heterocycles. The highest BCUT2D eigenvalue weighted by Crippen LogP contribution is 2.43. The highest BCUT2D eigenvalue weighted by atomic mass is 35.5. The molecule has 1 amide bonds. The van der Waals surface area contributed by atoms with Crippen LogP contribution in [-0.2, 0) is 6.42 Å². The molecule has 1 saturated heterocycles. The summed E-state index contributed by atoms with van der Waals surface area (Å²) in [5.41, 5.74) is 5.18. The maximum Gasteiger partial charge on any atom is 0.253 e. The first kappa shape index (κ1) is 27.8. The van der Waals surface area contributed by atoms with Crippen molar-refractivity contribution in [3.05, 3.63) is 101 Å². The van der Waals surface area contributed by atoms with Gasteiger partial charge >= 0.3 is 0 Å². The van der Waals surface area contributed by atoms with Gasteiger partial charge in [0.15, 0.2) is 0 Å². The van der Waals surface area contributed by atoms with Gasteiger partial charge in [0.25, 0.3) is 5.91 Å². The minimum atomic E-state index is -0.427. The number of amides is 1. The Labute approximate surface area is 248 Å². The Bertz CT molecular complexity index is 1700. The van der Waals surface area contributed by atoms with E-state index in [9.17, 15) is 4.79 Å². The van der Waals surface area contributed by atoms with E-state index < -0.39 is 5.82 Å². The van der Waals surface area contributed by atoms with E-state index in [1.54, 1.807) is 30.6 Å². The quantitative estimate of drug-likeness (QED) is 0.400. The molecule has 0 bridgehead atoms. The number of likely N-dealkylation sites (tertiary alicyclic amines) is 1. The Morgan fingerprint density at radius 1 is 1.17 bits per heavy atom. The lowest BCUT2D eigenvalue weighted by atomic mass is 9.84. The average Bonchev–Trinajstić information content (AvgIpc) is 3.43. The first-order valence-corrected chi connectivity index (χ1v) is 14.1. The molecule has 3 heterocycles. The van der Waals surface area contributed by atoms with Crippen molar-refractivity contribution in [3.8, 4) is 5.75 Å². The van der Waals surface area contributed by atoms with E-state index in [1.807, 2.05) is 49.3 Å². The second-order valence-electron chi connectivity index (χ2n) is 10.6. The van der Waals surface area contributed by atoms with E-state index in [0.717, 1.165) is 24.1 Å². The standard InChI is InChI=1S/C32H30ClFN6O2/c1-39(2)22-12-13-40(18-22)31(41)19-6-4-7-21(14-19)37-32-36-16-20-10-11-23-24(29-26(34)8-5-9-27(29)42-3)15-28(33)35-17-25(23)30(20)38-32/h4-9,11,14-17,22H,10,12-13,18H2,1-3H3,(H,36,37,38). The fraction of sp³-hybridized carbons (Fsp3) is 0.250. The predicted octanol–water partition coefficient (Wildman–Crippen LogP) is 5.70. The zero-order chi connectivity index (χ0) is 29.4. The molecule has 2 aliphatic heterocycles. The largest absolute Gasteiger partial charge is 0.496 e. The van der Waals surface area contributed by atoms with Gasteiger partial charge in [-0.25, -0.2) is 19.4 Å². The van der Waals surface area contributed by atoms with Crippen LogP contribution in [0.3, 0.4) is 0 Å². The molecular weight excluding hydrogens is 555 g/mol. The third-order valence-electron chi connectivity index (χ3n) is 7.82. The maximum atomic E-state index is 15.2. The molecule has 1 aliphatic carbocycles. The molecule has 0 radical (unpaired) electrons. The molecule has 3 aromatic rings. The van der Waals surface area contributed by atoms with Gasteiger partial charge in [0.2, 0.25) is 5.95 Å². The van der Waals surface area contributed by atoms with Gasteiger partial charge in [-0.2, -0.15) is 0 Å². The summed E-state index contributed by atoms with van der Waals surface area (Å²) in [6.07, 6.45) is 8.57. The van der Waals surface area contributed by atoms with Crippen LogP contribution in [-0.4, -0.2) is 71.2 Å². The summed E-state index contributed by atoms with van der Waals surface area (Å²) in [5.74, 6) is 0.334. The van der Waals surface area contributed by atoms with Crippen molar-refractivity contribution in [2.75, 3.05) is 39.6 Å². The monoisotopic (exact) mass is 584 g/mol. The van der Waals surface area contributed by atoms with E-state index in [-0.39, 0.29) is 11.1 Å².